The minimum atomic E-state index is -0.481. The van der Waals surface area contributed by atoms with E-state index in [1.54, 1.807) is 36.7 Å². The number of hydrogen-bond donors (Lipinski definition) is 1. The van der Waals surface area contributed by atoms with Gasteiger partial charge in [0.05, 0.1) is 10.6 Å². The van der Waals surface area contributed by atoms with E-state index in [0.29, 0.717) is 10.6 Å². The molecule has 2 aromatic rings. The van der Waals surface area contributed by atoms with Gasteiger partial charge in [0.15, 0.2) is 5.75 Å². The lowest BCUT2D eigenvalue weighted by Crippen LogP contribution is -2.07. The third kappa shape index (κ3) is 2.21. The Morgan fingerprint density at radius 3 is 2.75 bits per heavy atom. The molecule has 0 aliphatic rings. The molecule has 0 aliphatic heterocycles. The van der Waals surface area contributed by atoms with Gasteiger partial charge in [0.1, 0.15) is 5.02 Å². The van der Waals surface area contributed by atoms with Gasteiger partial charge >= 0.3 is 5.97 Å². The Hall–Kier alpha value is -1.45. The molecule has 0 amide bonds. The summed E-state index contributed by atoms with van der Waals surface area (Å²) in [5.74, 6) is -0.231. The van der Waals surface area contributed by atoms with Crippen molar-refractivity contribution in [3.05, 3.63) is 52.3 Å². The number of ether oxygens (including phenoxy) is 1. The summed E-state index contributed by atoms with van der Waals surface area (Å²) in [7, 11) is 0. The highest BCUT2D eigenvalue weighted by atomic mass is 35.5. The minimum Gasteiger partial charge on any atom is -0.421 e. The van der Waals surface area contributed by atoms with Crippen LogP contribution in [0.4, 0.5) is 0 Å². The summed E-state index contributed by atoms with van der Waals surface area (Å²) in [6.07, 6.45) is 3.18. The number of benzene rings is 1. The highest BCUT2D eigenvalue weighted by molar-refractivity contribution is 6.43. The monoisotopic (exact) mass is 255 g/mol. The molecule has 0 saturated heterocycles. The van der Waals surface area contributed by atoms with Crippen LogP contribution in [-0.2, 0) is 0 Å². The van der Waals surface area contributed by atoms with Gasteiger partial charge in [-0.3, -0.25) is 0 Å². The van der Waals surface area contributed by atoms with Gasteiger partial charge in [0.25, 0.3) is 0 Å². The fourth-order valence-corrected chi connectivity index (χ4v) is 1.50. The maximum atomic E-state index is 11.6. The van der Waals surface area contributed by atoms with Crippen molar-refractivity contribution in [1.29, 1.82) is 0 Å². The van der Waals surface area contributed by atoms with Gasteiger partial charge in [0, 0.05) is 12.4 Å². The van der Waals surface area contributed by atoms with E-state index >= 15 is 0 Å². The molecule has 0 spiro atoms. The molecule has 5 heteroatoms. The molecular formula is C11H7Cl2NO2. The van der Waals surface area contributed by atoms with Gasteiger partial charge < -0.3 is 9.72 Å². The van der Waals surface area contributed by atoms with Gasteiger partial charge in [-0.25, -0.2) is 4.79 Å². The van der Waals surface area contributed by atoms with Gasteiger partial charge in [-0.2, -0.15) is 0 Å². The molecule has 1 aromatic heterocycles. The lowest BCUT2D eigenvalue weighted by Gasteiger charge is -2.05. The molecule has 3 nitrogen and oxygen atoms in total. The van der Waals surface area contributed by atoms with Crippen LogP contribution in [0.1, 0.15) is 10.4 Å². The molecule has 0 bridgehead atoms. The first-order valence-corrected chi connectivity index (χ1v) is 5.23. The van der Waals surface area contributed by atoms with E-state index in [2.05, 4.69) is 4.98 Å². The molecule has 0 fully saturated rings. The van der Waals surface area contributed by atoms with Crippen molar-refractivity contribution in [3.63, 3.8) is 0 Å². The van der Waals surface area contributed by atoms with E-state index in [9.17, 15) is 4.79 Å². The molecule has 0 atom stereocenters. The van der Waals surface area contributed by atoms with E-state index < -0.39 is 5.97 Å². The van der Waals surface area contributed by atoms with Crippen molar-refractivity contribution in [2.24, 2.45) is 0 Å². The van der Waals surface area contributed by atoms with Crippen molar-refractivity contribution in [1.82, 2.24) is 4.98 Å². The molecule has 2 rings (SSSR count). The average molecular weight is 256 g/mol. The lowest BCUT2D eigenvalue weighted by molar-refractivity contribution is 0.0735. The number of rotatable bonds is 2. The molecular weight excluding hydrogens is 249 g/mol. The maximum absolute atomic E-state index is 11.6. The topological polar surface area (TPSA) is 42.1 Å². The lowest BCUT2D eigenvalue weighted by atomic mass is 10.3. The van der Waals surface area contributed by atoms with E-state index in [4.69, 9.17) is 27.9 Å². The number of aromatic nitrogens is 1. The molecule has 1 aromatic carbocycles. The summed E-state index contributed by atoms with van der Waals surface area (Å²) in [5.41, 5.74) is 0.427. The summed E-state index contributed by atoms with van der Waals surface area (Å²) in [6, 6.07) is 6.48. The Labute approximate surface area is 102 Å². The van der Waals surface area contributed by atoms with Crippen LogP contribution in [0.2, 0.25) is 10.0 Å². The van der Waals surface area contributed by atoms with Crippen LogP contribution >= 0.6 is 23.2 Å². The van der Waals surface area contributed by atoms with Crippen molar-refractivity contribution in [2.45, 2.75) is 0 Å². The molecule has 1 heterocycles. The largest absolute Gasteiger partial charge is 0.421 e. The molecule has 0 saturated carbocycles. The second-order valence-corrected chi connectivity index (χ2v) is 3.83. The summed E-state index contributed by atoms with van der Waals surface area (Å²) < 4.78 is 5.10. The zero-order chi connectivity index (χ0) is 11.5. The second-order valence-electron chi connectivity index (χ2n) is 3.04. The van der Waals surface area contributed by atoms with Crippen molar-refractivity contribution < 1.29 is 9.53 Å². The second kappa shape index (κ2) is 4.60. The smallest absolute Gasteiger partial charge is 0.345 e. The molecule has 0 aliphatic carbocycles. The molecule has 82 valence electrons. The van der Waals surface area contributed by atoms with Crippen molar-refractivity contribution in [3.8, 4) is 5.75 Å². The van der Waals surface area contributed by atoms with Gasteiger partial charge in [0.2, 0.25) is 0 Å². The minimum absolute atomic E-state index is 0.230. The van der Waals surface area contributed by atoms with Crippen LogP contribution in [0.25, 0.3) is 0 Å². The van der Waals surface area contributed by atoms with Crippen LogP contribution in [0.3, 0.4) is 0 Å². The first-order chi connectivity index (χ1) is 7.68. The first kappa shape index (κ1) is 11.0. The van der Waals surface area contributed by atoms with E-state index in [-0.39, 0.29) is 10.8 Å². The Bertz CT molecular complexity index is 509. The van der Waals surface area contributed by atoms with Crippen LogP contribution in [0, 0.1) is 0 Å². The SMILES string of the molecule is O=C(Oc1cccc(Cl)c1Cl)c1cc[nH]c1. The van der Waals surface area contributed by atoms with Crippen molar-refractivity contribution in [2.75, 3.05) is 0 Å². The summed E-state index contributed by atoms with van der Waals surface area (Å²) in [5, 5.41) is 0.578. The number of hydrogen-bond acceptors (Lipinski definition) is 2. The molecule has 1 N–H and O–H groups in total. The molecule has 0 radical (unpaired) electrons. The fourth-order valence-electron chi connectivity index (χ4n) is 1.17. The standard InChI is InChI=1S/C11H7Cl2NO2/c12-8-2-1-3-9(10(8)13)16-11(15)7-4-5-14-6-7/h1-6,14H. The third-order valence-electron chi connectivity index (χ3n) is 1.95. The normalized spacial score (nSPS) is 10.1. The van der Waals surface area contributed by atoms with Gasteiger partial charge in [-0.05, 0) is 18.2 Å². The van der Waals surface area contributed by atoms with Crippen LogP contribution < -0.4 is 4.74 Å². The highest BCUT2D eigenvalue weighted by Crippen LogP contribution is 2.31. The van der Waals surface area contributed by atoms with Crippen LogP contribution in [-0.4, -0.2) is 11.0 Å². The Balaban J connectivity index is 2.22. The number of aromatic amines is 1. The van der Waals surface area contributed by atoms with Crippen LogP contribution in [0.5, 0.6) is 5.75 Å². The number of esters is 1. The fraction of sp³-hybridized carbons (Fsp3) is 0. The third-order valence-corrected chi connectivity index (χ3v) is 2.75. The van der Waals surface area contributed by atoms with E-state index in [1.807, 2.05) is 0 Å². The number of H-pyrrole nitrogens is 1. The predicted molar refractivity (Wildman–Crippen MR) is 62.2 cm³/mol. The average Bonchev–Trinajstić information content (AvgIpc) is 2.78. The van der Waals surface area contributed by atoms with Gasteiger partial charge in [-0.15, -0.1) is 0 Å². The Morgan fingerprint density at radius 1 is 1.25 bits per heavy atom. The zero-order valence-electron chi connectivity index (χ0n) is 8.04. The first-order valence-electron chi connectivity index (χ1n) is 4.47. The summed E-state index contributed by atoms with van der Waals surface area (Å²) in [6.45, 7) is 0. The maximum Gasteiger partial charge on any atom is 0.345 e. The van der Waals surface area contributed by atoms with E-state index in [1.165, 1.54) is 0 Å². The Morgan fingerprint density at radius 2 is 2.06 bits per heavy atom. The summed E-state index contributed by atoms with van der Waals surface area (Å²) >= 11 is 11.7. The highest BCUT2D eigenvalue weighted by Gasteiger charge is 2.12. The molecule has 0 unspecified atom stereocenters. The number of carbonyl (C=O) groups excluding carboxylic acids is 1. The molecule has 16 heavy (non-hydrogen) atoms. The predicted octanol–water partition coefficient (Wildman–Crippen LogP) is 3.54. The zero-order valence-corrected chi connectivity index (χ0v) is 9.55. The number of nitrogens with one attached hydrogen (secondary N) is 1. The van der Waals surface area contributed by atoms with Crippen LogP contribution in [0.15, 0.2) is 36.7 Å². The number of carbonyl (C=O) groups is 1. The number of halogens is 2. The quantitative estimate of drug-likeness (QED) is 0.659. The Kier molecular flexibility index (Phi) is 3.17. The summed E-state index contributed by atoms with van der Waals surface area (Å²) in [4.78, 5) is 14.4. The van der Waals surface area contributed by atoms with E-state index in [0.717, 1.165) is 0 Å². The van der Waals surface area contributed by atoms with Crippen molar-refractivity contribution >= 4 is 29.2 Å². The van der Waals surface area contributed by atoms with Gasteiger partial charge in [-0.1, -0.05) is 29.3 Å².